The molecular formula is C22H29N3O2. The van der Waals surface area contributed by atoms with E-state index < -0.39 is 0 Å². The van der Waals surface area contributed by atoms with Crippen LogP contribution in [0.1, 0.15) is 25.0 Å². The number of nitrogens with one attached hydrogen (secondary N) is 1. The minimum atomic E-state index is -0.0650. The Morgan fingerprint density at radius 2 is 1.70 bits per heavy atom. The lowest BCUT2D eigenvalue weighted by Gasteiger charge is -2.34. The van der Waals surface area contributed by atoms with Crippen LogP contribution < -0.4 is 10.1 Å². The summed E-state index contributed by atoms with van der Waals surface area (Å²) in [4.78, 5) is 16.9. The topological polar surface area (TPSA) is 44.8 Å². The predicted molar refractivity (Wildman–Crippen MR) is 109 cm³/mol. The first kappa shape index (κ1) is 19.2. The van der Waals surface area contributed by atoms with E-state index in [-0.39, 0.29) is 12.1 Å². The minimum absolute atomic E-state index is 0.0633. The van der Waals surface area contributed by atoms with Crippen LogP contribution in [0.5, 0.6) is 5.75 Å². The van der Waals surface area contributed by atoms with Crippen LogP contribution in [0.2, 0.25) is 0 Å². The Hall–Kier alpha value is -2.53. The van der Waals surface area contributed by atoms with E-state index in [4.69, 9.17) is 4.74 Å². The number of anilines is 1. The van der Waals surface area contributed by atoms with Crippen molar-refractivity contribution >= 4 is 11.7 Å². The Morgan fingerprint density at radius 1 is 1.04 bits per heavy atom. The molecule has 144 valence electrons. The zero-order valence-corrected chi connectivity index (χ0v) is 16.4. The third-order valence-corrected chi connectivity index (χ3v) is 4.68. The summed E-state index contributed by atoms with van der Waals surface area (Å²) in [6.07, 6.45) is 0.0633. The van der Waals surface area contributed by atoms with Gasteiger partial charge in [-0.05, 0) is 38.5 Å². The quantitative estimate of drug-likeness (QED) is 0.864. The second kappa shape index (κ2) is 8.91. The highest BCUT2D eigenvalue weighted by Gasteiger charge is 2.22. The summed E-state index contributed by atoms with van der Waals surface area (Å²) in [6.45, 7) is 10.2. The van der Waals surface area contributed by atoms with Crippen LogP contribution in [0, 0.1) is 6.92 Å². The fourth-order valence-electron chi connectivity index (χ4n) is 3.18. The number of urea groups is 1. The van der Waals surface area contributed by atoms with E-state index in [1.807, 2.05) is 43.0 Å². The number of ether oxygens (including phenoxy) is 1. The number of benzene rings is 2. The number of piperazine rings is 1. The summed E-state index contributed by atoms with van der Waals surface area (Å²) >= 11 is 0. The van der Waals surface area contributed by atoms with Crippen LogP contribution in [0.15, 0.2) is 48.5 Å². The van der Waals surface area contributed by atoms with Crippen molar-refractivity contribution in [3.8, 4) is 5.75 Å². The molecule has 0 atom stereocenters. The summed E-state index contributed by atoms with van der Waals surface area (Å²) in [5.74, 6) is 0.707. The van der Waals surface area contributed by atoms with Gasteiger partial charge in [-0.3, -0.25) is 4.90 Å². The minimum Gasteiger partial charge on any atom is -0.489 e. The molecule has 2 aromatic carbocycles. The largest absolute Gasteiger partial charge is 0.489 e. The molecule has 0 aromatic heterocycles. The molecule has 0 unspecified atom stereocenters. The van der Waals surface area contributed by atoms with Crippen molar-refractivity contribution in [3.05, 3.63) is 59.7 Å². The molecule has 1 fully saturated rings. The van der Waals surface area contributed by atoms with Crippen LogP contribution >= 0.6 is 0 Å². The standard InChI is InChI=1S/C22H29N3O2/c1-17(2)27-21-7-5-4-6-20(21)23-22(26)25-14-12-24(13-15-25)16-19-10-8-18(3)9-11-19/h4-11,17H,12-16H2,1-3H3,(H,23,26). The Labute approximate surface area is 161 Å². The lowest BCUT2D eigenvalue weighted by molar-refractivity contribution is 0.143. The van der Waals surface area contributed by atoms with Crippen molar-refractivity contribution in [2.24, 2.45) is 0 Å². The van der Waals surface area contributed by atoms with Gasteiger partial charge in [0.15, 0.2) is 0 Å². The number of aryl methyl sites for hydroxylation is 1. The van der Waals surface area contributed by atoms with Crippen molar-refractivity contribution in [3.63, 3.8) is 0 Å². The van der Waals surface area contributed by atoms with Crippen molar-refractivity contribution < 1.29 is 9.53 Å². The first-order valence-corrected chi connectivity index (χ1v) is 9.61. The third kappa shape index (κ3) is 5.47. The first-order valence-electron chi connectivity index (χ1n) is 9.61. The highest BCUT2D eigenvalue weighted by molar-refractivity contribution is 5.91. The maximum atomic E-state index is 12.6. The van der Waals surface area contributed by atoms with Crippen molar-refractivity contribution in [1.82, 2.24) is 9.80 Å². The van der Waals surface area contributed by atoms with E-state index >= 15 is 0 Å². The molecule has 1 N–H and O–H groups in total. The van der Waals surface area contributed by atoms with Crippen LogP contribution in [0.25, 0.3) is 0 Å². The van der Waals surface area contributed by atoms with Crippen LogP contribution in [-0.4, -0.2) is 48.1 Å². The number of carbonyl (C=O) groups excluding carboxylic acids is 1. The van der Waals surface area contributed by atoms with Crippen LogP contribution in [-0.2, 0) is 6.54 Å². The lowest BCUT2D eigenvalue weighted by atomic mass is 10.1. The van der Waals surface area contributed by atoms with Gasteiger partial charge in [-0.25, -0.2) is 4.79 Å². The average molecular weight is 367 g/mol. The molecule has 2 aromatic rings. The van der Waals surface area contributed by atoms with E-state index in [1.165, 1.54) is 11.1 Å². The molecular weight excluding hydrogens is 338 g/mol. The fraction of sp³-hybridized carbons (Fsp3) is 0.409. The second-order valence-corrected chi connectivity index (χ2v) is 7.34. The molecule has 0 radical (unpaired) electrons. The Kier molecular flexibility index (Phi) is 6.35. The lowest BCUT2D eigenvalue weighted by Crippen LogP contribution is -2.49. The molecule has 1 aliphatic rings. The molecule has 27 heavy (non-hydrogen) atoms. The van der Waals surface area contributed by atoms with E-state index in [9.17, 15) is 4.79 Å². The number of hydrogen-bond donors (Lipinski definition) is 1. The molecule has 5 nitrogen and oxygen atoms in total. The summed E-state index contributed by atoms with van der Waals surface area (Å²) in [5, 5.41) is 3.00. The Morgan fingerprint density at radius 3 is 2.37 bits per heavy atom. The molecule has 1 saturated heterocycles. The first-order chi connectivity index (χ1) is 13.0. The number of amides is 2. The number of rotatable bonds is 5. The number of nitrogens with zero attached hydrogens (tertiary/aromatic N) is 2. The average Bonchev–Trinajstić information content (AvgIpc) is 2.65. The van der Waals surface area contributed by atoms with Crippen LogP contribution in [0.4, 0.5) is 10.5 Å². The molecule has 3 rings (SSSR count). The predicted octanol–water partition coefficient (Wildman–Crippen LogP) is 4.13. The monoisotopic (exact) mass is 367 g/mol. The smallest absolute Gasteiger partial charge is 0.322 e. The van der Waals surface area contributed by atoms with Gasteiger partial charge in [-0.2, -0.15) is 0 Å². The summed E-state index contributed by atoms with van der Waals surface area (Å²) in [7, 11) is 0. The van der Waals surface area contributed by atoms with Gasteiger partial charge < -0.3 is 15.0 Å². The van der Waals surface area contributed by atoms with Gasteiger partial charge in [-0.15, -0.1) is 0 Å². The van der Waals surface area contributed by atoms with Crippen molar-refractivity contribution in [2.75, 3.05) is 31.5 Å². The summed E-state index contributed by atoms with van der Waals surface area (Å²) < 4.78 is 5.78. The number of carbonyl (C=O) groups is 1. The highest BCUT2D eigenvalue weighted by Crippen LogP contribution is 2.25. The SMILES string of the molecule is Cc1ccc(CN2CCN(C(=O)Nc3ccccc3OC(C)C)CC2)cc1. The summed E-state index contributed by atoms with van der Waals surface area (Å²) in [6, 6.07) is 16.2. The fourth-order valence-corrected chi connectivity index (χ4v) is 3.18. The molecule has 0 bridgehead atoms. The van der Waals surface area contributed by atoms with Gasteiger partial charge in [-0.1, -0.05) is 42.0 Å². The van der Waals surface area contributed by atoms with E-state index in [2.05, 4.69) is 41.4 Å². The summed E-state index contributed by atoms with van der Waals surface area (Å²) in [5.41, 5.74) is 3.32. The molecule has 1 heterocycles. The number of para-hydroxylation sites is 2. The second-order valence-electron chi connectivity index (χ2n) is 7.34. The van der Waals surface area contributed by atoms with Gasteiger partial charge >= 0.3 is 6.03 Å². The third-order valence-electron chi connectivity index (χ3n) is 4.68. The zero-order chi connectivity index (χ0) is 19.2. The molecule has 0 aliphatic carbocycles. The molecule has 2 amide bonds. The van der Waals surface area contributed by atoms with Gasteiger partial charge in [0.05, 0.1) is 11.8 Å². The van der Waals surface area contributed by atoms with Crippen molar-refractivity contribution in [2.45, 2.75) is 33.4 Å². The molecule has 1 aliphatic heterocycles. The molecule has 5 heteroatoms. The maximum absolute atomic E-state index is 12.6. The van der Waals surface area contributed by atoms with Gasteiger partial charge in [0.1, 0.15) is 5.75 Å². The Bertz CT molecular complexity index is 750. The van der Waals surface area contributed by atoms with Crippen molar-refractivity contribution in [1.29, 1.82) is 0 Å². The van der Waals surface area contributed by atoms with Gasteiger partial charge in [0, 0.05) is 32.7 Å². The molecule has 0 spiro atoms. The van der Waals surface area contributed by atoms with Crippen LogP contribution in [0.3, 0.4) is 0 Å². The zero-order valence-electron chi connectivity index (χ0n) is 16.4. The van der Waals surface area contributed by atoms with Gasteiger partial charge in [0.25, 0.3) is 0 Å². The van der Waals surface area contributed by atoms with E-state index in [0.29, 0.717) is 5.75 Å². The van der Waals surface area contributed by atoms with E-state index in [0.717, 1.165) is 38.4 Å². The maximum Gasteiger partial charge on any atom is 0.322 e. The van der Waals surface area contributed by atoms with E-state index in [1.54, 1.807) is 0 Å². The number of hydrogen-bond acceptors (Lipinski definition) is 3. The normalized spacial score (nSPS) is 15.0. The highest BCUT2D eigenvalue weighted by atomic mass is 16.5. The molecule has 0 saturated carbocycles. The Balaban J connectivity index is 1.52. The van der Waals surface area contributed by atoms with Gasteiger partial charge in [0.2, 0.25) is 0 Å².